The second-order valence-electron chi connectivity index (χ2n) is 6.51. The third-order valence-corrected chi connectivity index (χ3v) is 6.08. The van der Waals surface area contributed by atoms with Crippen LogP contribution in [0.25, 0.3) is 0 Å². The molecule has 6 nitrogen and oxygen atoms in total. The summed E-state index contributed by atoms with van der Waals surface area (Å²) in [5, 5.41) is 3.61. The summed E-state index contributed by atoms with van der Waals surface area (Å²) < 4.78 is 28.9. The van der Waals surface area contributed by atoms with Gasteiger partial charge in [0.05, 0.1) is 17.6 Å². The van der Waals surface area contributed by atoms with Crippen molar-refractivity contribution in [2.24, 2.45) is 0 Å². The molecule has 0 unspecified atom stereocenters. The molecule has 0 saturated carbocycles. The van der Waals surface area contributed by atoms with Crippen LogP contribution < -0.4 is 14.8 Å². The van der Waals surface area contributed by atoms with Crippen LogP contribution in [0, 0.1) is 0 Å². The van der Waals surface area contributed by atoms with Gasteiger partial charge in [-0.15, -0.1) is 0 Å². The van der Waals surface area contributed by atoms with Crippen LogP contribution in [0.1, 0.15) is 12.0 Å². The highest BCUT2D eigenvalue weighted by atomic mass is 79.9. The van der Waals surface area contributed by atoms with Crippen molar-refractivity contribution in [3.63, 3.8) is 0 Å². The fraction of sp³-hybridized carbons (Fsp3) is 0.556. The predicted octanol–water partition coefficient (Wildman–Crippen LogP) is 2.31. The molecule has 0 radical (unpaired) electrons. The molecule has 4 rings (SSSR count). The van der Waals surface area contributed by atoms with Crippen LogP contribution in [0.4, 0.5) is 0 Å². The Bertz CT molecular complexity index is 681. The smallest absolute Gasteiger partial charge is 0.231 e. The average molecular weight is 412 g/mol. The second kappa shape index (κ2) is 6.89. The van der Waals surface area contributed by atoms with Gasteiger partial charge in [-0.1, -0.05) is 28.1 Å². The van der Waals surface area contributed by atoms with E-state index in [0.29, 0.717) is 0 Å². The van der Waals surface area contributed by atoms with E-state index in [1.54, 1.807) is 14.2 Å². The fourth-order valence-electron chi connectivity index (χ4n) is 4.12. The van der Waals surface area contributed by atoms with Crippen LogP contribution in [0.2, 0.25) is 0 Å². The summed E-state index contributed by atoms with van der Waals surface area (Å²) in [6.07, 6.45) is 3.08. The maximum absolute atomic E-state index is 6.05. The van der Waals surface area contributed by atoms with Crippen LogP contribution in [0.15, 0.2) is 28.8 Å². The number of methoxy groups -OCH3 is 2. The van der Waals surface area contributed by atoms with Crippen molar-refractivity contribution in [1.82, 2.24) is 5.32 Å². The van der Waals surface area contributed by atoms with Crippen molar-refractivity contribution >= 4 is 15.9 Å². The summed E-state index contributed by atoms with van der Waals surface area (Å²) in [4.78, 5) is 0. The van der Waals surface area contributed by atoms with Gasteiger partial charge in [-0.05, 0) is 24.1 Å². The molecule has 4 atom stereocenters. The Kier molecular flexibility index (Phi) is 4.77. The van der Waals surface area contributed by atoms with E-state index in [0.717, 1.165) is 34.5 Å². The topological polar surface area (TPSA) is 58.2 Å². The number of benzene rings is 1. The van der Waals surface area contributed by atoms with Crippen molar-refractivity contribution in [2.45, 2.75) is 30.1 Å². The van der Waals surface area contributed by atoms with Crippen molar-refractivity contribution in [1.29, 1.82) is 0 Å². The summed E-state index contributed by atoms with van der Waals surface area (Å²) in [7, 11) is 3.38. The van der Waals surface area contributed by atoms with Crippen molar-refractivity contribution < 1.29 is 23.7 Å². The zero-order valence-corrected chi connectivity index (χ0v) is 15.9. The third-order valence-electron chi connectivity index (χ3n) is 5.34. The molecule has 2 aliphatic heterocycles. The lowest BCUT2D eigenvalue weighted by molar-refractivity contribution is -0.0822. The highest BCUT2D eigenvalue weighted by molar-refractivity contribution is 9.11. The molecule has 2 heterocycles. The van der Waals surface area contributed by atoms with Gasteiger partial charge in [0.15, 0.2) is 11.5 Å². The van der Waals surface area contributed by atoms with Crippen molar-refractivity contribution in [3.05, 3.63) is 34.3 Å². The molecule has 1 N–H and O–H groups in total. The number of ether oxygens (including phenoxy) is 5. The molecule has 0 amide bonds. The summed E-state index contributed by atoms with van der Waals surface area (Å²) in [5.41, 5.74) is 0.812. The molecule has 0 aromatic heterocycles. The van der Waals surface area contributed by atoms with E-state index >= 15 is 0 Å². The molecule has 1 saturated heterocycles. The van der Waals surface area contributed by atoms with Crippen LogP contribution in [-0.2, 0) is 19.6 Å². The van der Waals surface area contributed by atoms with E-state index in [1.165, 1.54) is 0 Å². The zero-order chi connectivity index (χ0) is 17.4. The van der Waals surface area contributed by atoms with Gasteiger partial charge in [-0.3, -0.25) is 0 Å². The largest absolute Gasteiger partial charge is 0.454 e. The first kappa shape index (κ1) is 17.3. The molecule has 1 aromatic rings. The maximum atomic E-state index is 6.05. The SMILES string of the molecule is COCO[C@H]1CN[C@H]2C[C@@H](OC)C(Br)=C[C@]21c1ccc2c(c1)OCO2. The van der Waals surface area contributed by atoms with Gasteiger partial charge < -0.3 is 29.0 Å². The Balaban J connectivity index is 1.80. The summed E-state index contributed by atoms with van der Waals surface area (Å²) >= 11 is 3.71. The lowest BCUT2D eigenvalue weighted by Crippen LogP contribution is -2.50. The zero-order valence-electron chi connectivity index (χ0n) is 14.3. The monoisotopic (exact) mass is 411 g/mol. The molecule has 1 fully saturated rings. The molecule has 136 valence electrons. The standard InChI is InChI=1S/C18H22BrNO5/c1-21-9-25-17-8-20-16-6-14(22-2)12(19)7-18(16,17)11-3-4-13-15(5-11)24-10-23-13/h3-5,7,14,16-17,20H,6,8-10H2,1-2H3/t14-,16+,17+,18+/m1/s1. The van der Waals surface area contributed by atoms with Crippen molar-refractivity contribution in [3.8, 4) is 11.5 Å². The molecular formula is C18H22BrNO5. The Morgan fingerprint density at radius 2 is 2.12 bits per heavy atom. The minimum Gasteiger partial charge on any atom is -0.454 e. The molecule has 0 spiro atoms. The first-order valence-corrected chi connectivity index (χ1v) is 9.13. The number of halogens is 1. The van der Waals surface area contributed by atoms with Crippen LogP contribution >= 0.6 is 15.9 Å². The first-order valence-electron chi connectivity index (χ1n) is 8.34. The number of fused-ring (bicyclic) bond motifs is 2. The van der Waals surface area contributed by atoms with Gasteiger partial charge in [0.25, 0.3) is 0 Å². The van der Waals surface area contributed by atoms with E-state index in [4.69, 9.17) is 23.7 Å². The Labute approximate surface area is 155 Å². The quantitative estimate of drug-likeness (QED) is 0.750. The second-order valence-corrected chi connectivity index (χ2v) is 7.43. The third kappa shape index (κ3) is 2.78. The number of hydrogen-bond donors (Lipinski definition) is 1. The van der Waals surface area contributed by atoms with Gasteiger partial charge in [-0.25, -0.2) is 0 Å². The van der Waals surface area contributed by atoms with E-state index in [9.17, 15) is 0 Å². The summed E-state index contributed by atoms with van der Waals surface area (Å²) in [5.74, 6) is 1.56. The molecule has 1 aromatic carbocycles. The molecule has 3 aliphatic rings. The van der Waals surface area contributed by atoms with E-state index in [-0.39, 0.29) is 37.3 Å². The Morgan fingerprint density at radius 3 is 2.92 bits per heavy atom. The Hall–Kier alpha value is -1.12. The molecule has 0 bridgehead atoms. The fourth-order valence-corrected chi connectivity index (χ4v) is 4.88. The van der Waals surface area contributed by atoms with Crippen LogP contribution in [0.5, 0.6) is 11.5 Å². The van der Waals surface area contributed by atoms with Gasteiger partial charge in [0, 0.05) is 31.3 Å². The van der Waals surface area contributed by atoms with Crippen LogP contribution in [0.3, 0.4) is 0 Å². The Morgan fingerprint density at radius 1 is 1.28 bits per heavy atom. The lowest BCUT2D eigenvalue weighted by Gasteiger charge is -2.42. The number of hydrogen-bond acceptors (Lipinski definition) is 6. The molecule has 7 heteroatoms. The molecule has 1 aliphatic carbocycles. The van der Waals surface area contributed by atoms with E-state index < -0.39 is 0 Å². The van der Waals surface area contributed by atoms with E-state index in [1.807, 2.05) is 6.07 Å². The first-order chi connectivity index (χ1) is 12.2. The minimum absolute atomic E-state index is 0.0424. The van der Waals surface area contributed by atoms with Gasteiger partial charge >= 0.3 is 0 Å². The normalized spacial score (nSPS) is 33.2. The summed E-state index contributed by atoms with van der Waals surface area (Å²) in [6, 6.07) is 6.33. The van der Waals surface area contributed by atoms with Gasteiger partial charge in [-0.2, -0.15) is 0 Å². The molecule has 25 heavy (non-hydrogen) atoms. The maximum Gasteiger partial charge on any atom is 0.231 e. The lowest BCUT2D eigenvalue weighted by atomic mass is 9.68. The number of rotatable bonds is 5. The highest BCUT2D eigenvalue weighted by Gasteiger charge is 2.54. The van der Waals surface area contributed by atoms with E-state index in [2.05, 4.69) is 39.5 Å². The number of nitrogens with one attached hydrogen (secondary N) is 1. The summed E-state index contributed by atoms with van der Waals surface area (Å²) in [6.45, 7) is 1.27. The van der Waals surface area contributed by atoms with Gasteiger partial charge in [0.2, 0.25) is 6.79 Å². The minimum atomic E-state index is -0.326. The van der Waals surface area contributed by atoms with Gasteiger partial charge in [0.1, 0.15) is 6.79 Å². The van der Waals surface area contributed by atoms with Crippen molar-refractivity contribution in [2.75, 3.05) is 34.4 Å². The highest BCUT2D eigenvalue weighted by Crippen LogP contribution is 2.48. The molecular weight excluding hydrogens is 390 g/mol. The average Bonchev–Trinajstić information content (AvgIpc) is 3.23. The van der Waals surface area contributed by atoms with Crippen LogP contribution in [-0.4, -0.2) is 52.6 Å². The predicted molar refractivity (Wildman–Crippen MR) is 95.2 cm³/mol.